The van der Waals surface area contributed by atoms with Gasteiger partial charge in [0.15, 0.2) is 0 Å². The number of carbonyl (C=O) groups excluding carboxylic acids is 1. The third kappa shape index (κ3) is 4.72. The molecule has 1 aliphatic carbocycles. The largest absolute Gasteiger partial charge is 0.368 e. The van der Waals surface area contributed by atoms with E-state index >= 15 is 0 Å². The van der Waals surface area contributed by atoms with E-state index in [1.165, 1.54) is 17.4 Å². The number of pyridine rings is 1. The topological polar surface area (TPSA) is 105 Å². The van der Waals surface area contributed by atoms with Crippen molar-refractivity contribution < 1.29 is 9.18 Å². The summed E-state index contributed by atoms with van der Waals surface area (Å²) in [6.45, 7) is 1.91. The lowest BCUT2D eigenvalue weighted by Crippen LogP contribution is -2.42. The molecule has 0 spiro atoms. The molecule has 3 aromatic heterocycles. The molecule has 4 heterocycles. The summed E-state index contributed by atoms with van der Waals surface area (Å²) in [5, 5.41) is 18.8. The summed E-state index contributed by atoms with van der Waals surface area (Å²) in [6, 6.07) is 6.73. The minimum Gasteiger partial charge on any atom is -0.368 e. The van der Waals surface area contributed by atoms with Gasteiger partial charge < -0.3 is 16.0 Å². The fraction of sp³-hybridized carbons (Fsp3) is 0.435. The van der Waals surface area contributed by atoms with E-state index in [2.05, 4.69) is 36.1 Å². The highest BCUT2D eigenvalue weighted by atomic mass is 32.1. The van der Waals surface area contributed by atoms with Gasteiger partial charge in [-0.25, -0.2) is 9.37 Å². The minimum atomic E-state index is -0.297. The number of carbonyl (C=O) groups is 1. The van der Waals surface area contributed by atoms with Gasteiger partial charge in [-0.1, -0.05) is 6.42 Å². The lowest BCUT2D eigenvalue weighted by molar-refractivity contribution is -0.122. The van der Waals surface area contributed by atoms with Crippen molar-refractivity contribution in [3.8, 4) is 10.7 Å². The average Bonchev–Trinajstić information content (AvgIpc) is 3.51. The summed E-state index contributed by atoms with van der Waals surface area (Å²) in [5.74, 6) is 0.414. The fourth-order valence-corrected chi connectivity index (χ4v) is 5.21. The number of aromatic nitrogens is 4. The molecule has 1 aliphatic heterocycles. The average molecular weight is 468 g/mol. The predicted octanol–water partition coefficient (Wildman–Crippen LogP) is 3.04. The second kappa shape index (κ2) is 9.48. The molecule has 2 aliphatic rings. The number of hydrogen-bond acceptors (Lipinski definition) is 8. The molecular weight excluding hydrogens is 441 g/mol. The minimum absolute atomic E-state index is 0.0347. The quantitative estimate of drug-likeness (QED) is 0.468. The highest BCUT2D eigenvalue weighted by molar-refractivity contribution is 7.15. The highest BCUT2D eigenvalue weighted by Gasteiger charge is 2.41. The zero-order chi connectivity index (χ0) is 22.7. The molecule has 0 bridgehead atoms. The Morgan fingerprint density at radius 3 is 2.82 bits per heavy atom. The van der Waals surface area contributed by atoms with Crippen LogP contribution in [0.4, 0.5) is 10.2 Å². The van der Waals surface area contributed by atoms with Gasteiger partial charge in [0.1, 0.15) is 22.3 Å². The molecule has 33 heavy (non-hydrogen) atoms. The van der Waals surface area contributed by atoms with E-state index < -0.39 is 0 Å². The zero-order valence-electron chi connectivity index (χ0n) is 18.2. The molecule has 1 saturated carbocycles. The molecule has 0 radical (unpaired) electrons. The van der Waals surface area contributed by atoms with Crippen molar-refractivity contribution >= 4 is 23.1 Å². The molecule has 1 atom stereocenters. The number of halogens is 1. The van der Waals surface area contributed by atoms with Crippen LogP contribution in [0, 0.1) is 5.82 Å². The van der Waals surface area contributed by atoms with Crippen LogP contribution in [-0.2, 0) is 16.8 Å². The van der Waals surface area contributed by atoms with Gasteiger partial charge in [0.25, 0.3) is 0 Å². The van der Waals surface area contributed by atoms with Gasteiger partial charge in [0.05, 0.1) is 18.3 Å². The number of rotatable bonds is 8. The van der Waals surface area contributed by atoms with E-state index in [4.69, 9.17) is 0 Å². The van der Waals surface area contributed by atoms with Crippen LogP contribution >= 0.6 is 11.3 Å². The van der Waals surface area contributed by atoms with Gasteiger partial charge >= 0.3 is 0 Å². The van der Waals surface area contributed by atoms with E-state index in [0.717, 1.165) is 48.5 Å². The first-order valence-electron chi connectivity index (χ1n) is 11.3. The van der Waals surface area contributed by atoms with Gasteiger partial charge in [-0.15, -0.1) is 21.5 Å². The third-order valence-electron chi connectivity index (χ3n) is 6.43. The Hall–Kier alpha value is -2.98. The Bertz CT molecular complexity index is 1110. The number of nitrogens with zero attached hydrogens (tertiary/aromatic N) is 4. The number of thiazole rings is 1. The number of hydrogen-bond donors (Lipinski definition) is 3. The van der Waals surface area contributed by atoms with Crippen LogP contribution < -0.4 is 16.0 Å². The van der Waals surface area contributed by atoms with E-state index in [0.29, 0.717) is 30.3 Å². The zero-order valence-corrected chi connectivity index (χ0v) is 19.0. The Balaban J connectivity index is 1.18. The summed E-state index contributed by atoms with van der Waals surface area (Å²) in [7, 11) is 0. The maximum absolute atomic E-state index is 14.3. The van der Waals surface area contributed by atoms with Gasteiger partial charge in [-0.05, 0) is 56.5 Å². The van der Waals surface area contributed by atoms with Gasteiger partial charge in [-0.2, -0.15) is 0 Å². The summed E-state index contributed by atoms with van der Waals surface area (Å²) in [4.78, 5) is 21.8. The third-order valence-corrected chi connectivity index (χ3v) is 7.45. The summed E-state index contributed by atoms with van der Waals surface area (Å²) in [5.41, 5.74) is 0.906. The molecule has 3 N–H and O–H groups in total. The Morgan fingerprint density at radius 2 is 2.12 bits per heavy atom. The summed E-state index contributed by atoms with van der Waals surface area (Å²) in [6.07, 6.45) is 8.18. The second-order valence-electron chi connectivity index (χ2n) is 8.62. The molecule has 1 amide bonds. The van der Waals surface area contributed by atoms with Crippen LogP contribution in [0.25, 0.3) is 10.7 Å². The number of nitrogens with one attached hydrogen (secondary N) is 3. The van der Waals surface area contributed by atoms with Gasteiger partial charge in [-0.3, -0.25) is 9.78 Å². The van der Waals surface area contributed by atoms with Crippen molar-refractivity contribution in [2.45, 2.75) is 50.1 Å². The molecule has 8 nitrogen and oxygen atoms in total. The Morgan fingerprint density at radius 1 is 1.21 bits per heavy atom. The van der Waals surface area contributed by atoms with E-state index in [1.807, 2.05) is 12.1 Å². The second-order valence-corrected chi connectivity index (χ2v) is 9.74. The van der Waals surface area contributed by atoms with Gasteiger partial charge in [0, 0.05) is 29.2 Å². The first kappa shape index (κ1) is 21.8. The maximum atomic E-state index is 14.3. The molecule has 10 heteroatoms. The van der Waals surface area contributed by atoms with Crippen molar-refractivity contribution in [3.63, 3.8) is 0 Å². The molecule has 2 fully saturated rings. The molecule has 172 valence electrons. The first-order valence-corrected chi connectivity index (χ1v) is 12.1. The van der Waals surface area contributed by atoms with Crippen molar-refractivity contribution in [3.05, 3.63) is 53.0 Å². The Kier molecular flexibility index (Phi) is 6.28. The van der Waals surface area contributed by atoms with E-state index in [9.17, 15) is 9.18 Å². The van der Waals surface area contributed by atoms with Crippen molar-refractivity contribution in [1.29, 1.82) is 0 Å². The smallest absolute Gasteiger partial charge is 0.237 e. The molecular formula is C23H26FN7OS. The van der Waals surface area contributed by atoms with Crippen LogP contribution in [0.1, 0.15) is 42.7 Å². The van der Waals surface area contributed by atoms with Crippen molar-refractivity contribution in [2.75, 3.05) is 18.4 Å². The molecule has 0 unspecified atom stereocenters. The maximum Gasteiger partial charge on any atom is 0.237 e. The van der Waals surface area contributed by atoms with Crippen molar-refractivity contribution in [1.82, 2.24) is 30.8 Å². The summed E-state index contributed by atoms with van der Waals surface area (Å²) >= 11 is 1.49. The number of amides is 1. The van der Waals surface area contributed by atoms with Gasteiger partial charge in [0.2, 0.25) is 5.91 Å². The van der Waals surface area contributed by atoms with Crippen LogP contribution in [0.5, 0.6) is 0 Å². The SMILES string of the molecule is O=C(NCc1cnc(-c2ccc(NCC3(c4ncccc4F)CCC3)nn2)s1)[C@@H]1CCCN1. The van der Waals surface area contributed by atoms with E-state index in [1.54, 1.807) is 18.5 Å². The van der Waals surface area contributed by atoms with Crippen LogP contribution in [0.15, 0.2) is 36.7 Å². The normalized spacial score (nSPS) is 19.1. The first-order chi connectivity index (χ1) is 16.1. The van der Waals surface area contributed by atoms with Crippen molar-refractivity contribution in [2.24, 2.45) is 0 Å². The summed E-state index contributed by atoms with van der Waals surface area (Å²) < 4.78 is 14.3. The monoisotopic (exact) mass is 467 g/mol. The lowest BCUT2D eigenvalue weighted by atomic mass is 9.66. The molecule has 0 aromatic carbocycles. The fourth-order valence-electron chi connectivity index (χ4n) is 4.39. The Labute approximate surface area is 195 Å². The predicted molar refractivity (Wildman–Crippen MR) is 124 cm³/mol. The lowest BCUT2D eigenvalue weighted by Gasteiger charge is -2.41. The van der Waals surface area contributed by atoms with Crippen LogP contribution in [-0.4, -0.2) is 45.2 Å². The standard InChI is InChI=1S/C23H26FN7OS/c24-16-4-1-11-26-20(16)23(8-3-9-23)14-29-19-7-6-18(30-31-19)22-28-13-15(33-22)12-27-21(32)17-5-2-10-25-17/h1,4,6-7,11,13,17,25H,2-3,5,8-10,12,14H2,(H,27,32)(H,29,31)/t17-/m0/s1. The number of anilines is 1. The van der Waals surface area contributed by atoms with E-state index in [-0.39, 0.29) is 23.2 Å². The van der Waals surface area contributed by atoms with Crippen LogP contribution in [0.3, 0.4) is 0 Å². The molecule has 1 saturated heterocycles. The highest BCUT2D eigenvalue weighted by Crippen LogP contribution is 2.43. The molecule has 3 aromatic rings. The van der Waals surface area contributed by atoms with Crippen LogP contribution in [0.2, 0.25) is 0 Å². The molecule has 5 rings (SSSR count).